The second-order valence-corrected chi connectivity index (χ2v) is 7.67. The summed E-state index contributed by atoms with van der Waals surface area (Å²) in [6.45, 7) is 4.88. The van der Waals surface area contributed by atoms with Gasteiger partial charge in [-0.05, 0) is 35.9 Å². The molecule has 2 heterocycles. The molecule has 6 heteroatoms. The lowest BCUT2D eigenvalue weighted by atomic mass is 10.2. The van der Waals surface area contributed by atoms with E-state index in [1.165, 1.54) is 10.4 Å². The average molecular weight is 377 g/mol. The highest BCUT2D eigenvalue weighted by molar-refractivity contribution is 7.16. The SMILES string of the molecule is Clc1cc(Cl)cc(CN2CCN(c3cccc4s[c]nc34)CC2)c1. The molecule has 1 aromatic heterocycles. The third kappa shape index (κ3) is 3.38. The first kappa shape index (κ1) is 16.2. The van der Waals surface area contributed by atoms with Gasteiger partial charge in [-0.2, -0.15) is 0 Å². The molecule has 0 N–H and O–H groups in total. The number of thiazole rings is 1. The van der Waals surface area contributed by atoms with Gasteiger partial charge in [0.15, 0.2) is 5.51 Å². The summed E-state index contributed by atoms with van der Waals surface area (Å²) < 4.78 is 1.20. The minimum Gasteiger partial charge on any atom is -0.367 e. The molecule has 123 valence electrons. The first-order valence-electron chi connectivity index (χ1n) is 7.87. The van der Waals surface area contributed by atoms with Crippen LogP contribution in [0.3, 0.4) is 0 Å². The number of anilines is 1. The zero-order valence-electron chi connectivity index (χ0n) is 13.0. The molecule has 0 aliphatic carbocycles. The lowest BCUT2D eigenvalue weighted by Gasteiger charge is -2.36. The summed E-state index contributed by atoms with van der Waals surface area (Å²) in [6, 6.07) is 12.1. The van der Waals surface area contributed by atoms with Crippen LogP contribution in [0.4, 0.5) is 5.69 Å². The molecule has 1 aliphatic heterocycles. The fourth-order valence-electron chi connectivity index (χ4n) is 3.19. The van der Waals surface area contributed by atoms with Crippen molar-refractivity contribution in [2.45, 2.75) is 6.54 Å². The van der Waals surface area contributed by atoms with Gasteiger partial charge in [0.05, 0.1) is 10.4 Å². The molecule has 3 nitrogen and oxygen atoms in total. The minimum absolute atomic E-state index is 0.697. The number of nitrogens with zero attached hydrogens (tertiary/aromatic N) is 3. The Labute approximate surface area is 155 Å². The highest BCUT2D eigenvalue weighted by Gasteiger charge is 2.19. The maximum Gasteiger partial charge on any atom is 0.153 e. The van der Waals surface area contributed by atoms with Gasteiger partial charge in [-0.15, -0.1) is 11.3 Å². The highest BCUT2D eigenvalue weighted by Crippen LogP contribution is 2.29. The summed E-state index contributed by atoms with van der Waals surface area (Å²) in [7, 11) is 0. The van der Waals surface area contributed by atoms with Crippen molar-refractivity contribution in [3.05, 3.63) is 57.5 Å². The Morgan fingerprint density at radius 2 is 1.79 bits per heavy atom. The van der Waals surface area contributed by atoms with Gasteiger partial charge in [-0.3, -0.25) is 4.90 Å². The van der Waals surface area contributed by atoms with E-state index in [-0.39, 0.29) is 0 Å². The van der Waals surface area contributed by atoms with Gasteiger partial charge in [0.2, 0.25) is 0 Å². The quantitative estimate of drug-likeness (QED) is 0.658. The van der Waals surface area contributed by atoms with E-state index in [1.807, 2.05) is 12.1 Å². The molecule has 3 aromatic rings. The third-order valence-corrected chi connectivity index (χ3v) is 5.50. The van der Waals surface area contributed by atoms with E-state index >= 15 is 0 Å². The minimum atomic E-state index is 0.697. The van der Waals surface area contributed by atoms with Crippen LogP contribution in [0.15, 0.2) is 36.4 Å². The van der Waals surface area contributed by atoms with Crippen LogP contribution in [0.25, 0.3) is 10.2 Å². The monoisotopic (exact) mass is 376 g/mol. The van der Waals surface area contributed by atoms with Crippen molar-refractivity contribution in [1.82, 2.24) is 9.88 Å². The first-order chi connectivity index (χ1) is 11.7. The molecular formula is C18H16Cl2N3S. The van der Waals surface area contributed by atoms with Crippen LogP contribution in [0.1, 0.15) is 5.56 Å². The molecule has 24 heavy (non-hydrogen) atoms. The van der Waals surface area contributed by atoms with E-state index < -0.39 is 0 Å². The molecule has 0 saturated carbocycles. The smallest absolute Gasteiger partial charge is 0.153 e. The standard InChI is InChI=1S/C18H16Cl2N3S/c19-14-8-13(9-15(20)10-14)11-22-4-6-23(7-5-22)16-2-1-3-17-18(16)21-12-24-17/h1-3,8-10H,4-7,11H2. The molecule has 1 radical (unpaired) electrons. The van der Waals surface area contributed by atoms with Gasteiger partial charge in [0.1, 0.15) is 5.52 Å². The zero-order valence-corrected chi connectivity index (χ0v) is 15.3. The molecule has 0 unspecified atom stereocenters. The number of halogens is 2. The number of hydrogen-bond acceptors (Lipinski definition) is 4. The Kier molecular flexibility index (Phi) is 4.63. The number of aromatic nitrogens is 1. The van der Waals surface area contributed by atoms with Crippen molar-refractivity contribution in [2.24, 2.45) is 0 Å². The molecule has 0 amide bonds. The number of hydrogen-bond donors (Lipinski definition) is 0. The summed E-state index contributed by atoms with van der Waals surface area (Å²) in [4.78, 5) is 9.26. The molecule has 0 atom stereocenters. The van der Waals surface area contributed by atoms with Crippen molar-refractivity contribution in [3.8, 4) is 0 Å². The Balaban J connectivity index is 1.44. The lowest BCUT2D eigenvalue weighted by molar-refractivity contribution is 0.250. The van der Waals surface area contributed by atoms with E-state index in [4.69, 9.17) is 23.2 Å². The van der Waals surface area contributed by atoms with E-state index in [1.54, 1.807) is 17.4 Å². The highest BCUT2D eigenvalue weighted by atomic mass is 35.5. The maximum absolute atomic E-state index is 6.10. The number of rotatable bonds is 3. The summed E-state index contributed by atoms with van der Waals surface area (Å²) in [5.41, 5.74) is 6.45. The molecule has 1 aliphatic rings. The predicted molar refractivity (Wildman–Crippen MR) is 102 cm³/mol. The summed E-state index contributed by atoms with van der Waals surface area (Å²) >= 11 is 13.8. The second kappa shape index (κ2) is 6.89. The molecule has 0 spiro atoms. The van der Waals surface area contributed by atoms with Crippen LogP contribution in [-0.2, 0) is 6.54 Å². The fourth-order valence-corrected chi connectivity index (χ4v) is 4.39. The van der Waals surface area contributed by atoms with Crippen LogP contribution in [-0.4, -0.2) is 36.1 Å². The Morgan fingerprint density at radius 1 is 1.04 bits per heavy atom. The van der Waals surface area contributed by atoms with E-state index in [9.17, 15) is 0 Å². The number of fused-ring (bicyclic) bond motifs is 1. The van der Waals surface area contributed by atoms with E-state index in [0.29, 0.717) is 10.0 Å². The topological polar surface area (TPSA) is 19.4 Å². The van der Waals surface area contributed by atoms with E-state index in [0.717, 1.165) is 43.8 Å². The van der Waals surface area contributed by atoms with Crippen molar-refractivity contribution in [1.29, 1.82) is 0 Å². The van der Waals surface area contributed by atoms with Gasteiger partial charge < -0.3 is 4.90 Å². The molecule has 1 fully saturated rings. The van der Waals surface area contributed by atoms with Crippen LogP contribution in [0.5, 0.6) is 0 Å². The maximum atomic E-state index is 6.10. The van der Waals surface area contributed by atoms with E-state index in [2.05, 4.69) is 38.5 Å². The van der Waals surface area contributed by atoms with Crippen molar-refractivity contribution < 1.29 is 0 Å². The van der Waals surface area contributed by atoms with Gasteiger partial charge in [0, 0.05) is 42.8 Å². The first-order valence-corrected chi connectivity index (χ1v) is 9.44. The van der Waals surface area contributed by atoms with Crippen LogP contribution >= 0.6 is 34.5 Å². The Morgan fingerprint density at radius 3 is 2.54 bits per heavy atom. The van der Waals surface area contributed by atoms with Gasteiger partial charge >= 0.3 is 0 Å². The molecule has 1 saturated heterocycles. The van der Waals surface area contributed by atoms with Crippen LogP contribution < -0.4 is 4.90 Å². The van der Waals surface area contributed by atoms with Gasteiger partial charge in [0.25, 0.3) is 0 Å². The summed E-state index contributed by atoms with van der Waals surface area (Å²) in [5.74, 6) is 0. The Hall–Kier alpha value is -1.33. The van der Waals surface area contributed by atoms with Crippen LogP contribution in [0.2, 0.25) is 10.0 Å². The molecule has 4 rings (SSSR count). The second-order valence-electron chi connectivity index (χ2n) is 5.97. The lowest BCUT2D eigenvalue weighted by Crippen LogP contribution is -2.46. The van der Waals surface area contributed by atoms with Crippen molar-refractivity contribution in [2.75, 3.05) is 31.1 Å². The number of para-hydroxylation sites is 1. The molecule has 0 bridgehead atoms. The van der Waals surface area contributed by atoms with Crippen LogP contribution in [0, 0.1) is 5.51 Å². The Bertz CT molecular complexity index is 836. The predicted octanol–water partition coefficient (Wildman–Crippen LogP) is 4.73. The van der Waals surface area contributed by atoms with Crippen molar-refractivity contribution >= 4 is 50.4 Å². The normalized spacial score (nSPS) is 16.0. The van der Waals surface area contributed by atoms with Crippen molar-refractivity contribution in [3.63, 3.8) is 0 Å². The third-order valence-electron chi connectivity index (χ3n) is 4.33. The number of benzene rings is 2. The van der Waals surface area contributed by atoms with Gasteiger partial charge in [-0.1, -0.05) is 29.3 Å². The summed E-state index contributed by atoms with van der Waals surface area (Å²) in [6.07, 6.45) is 0. The average Bonchev–Trinajstić information content (AvgIpc) is 3.03. The largest absolute Gasteiger partial charge is 0.367 e. The summed E-state index contributed by atoms with van der Waals surface area (Å²) in [5, 5.41) is 1.39. The van der Waals surface area contributed by atoms with Gasteiger partial charge in [-0.25, -0.2) is 4.98 Å². The molecule has 2 aromatic carbocycles. The fraction of sp³-hybridized carbons (Fsp3) is 0.278. The number of piperazine rings is 1. The zero-order chi connectivity index (χ0) is 16.5. The molecular weight excluding hydrogens is 361 g/mol.